The van der Waals surface area contributed by atoms with E-state index in [9.17, 15) is 0 Å². The van der Waals surface area contributed by atoms with Crippen LogP contribution < -0.4 is 0 Å². The minimum atomic E-state index is -0.288. The summed E-state index contributed by atoms with van der Waals surface area (Å²) in [4.78, 5) is 0. The van der Waals surface area contributed by atoms with Gasteiger partial charge in [-0.05, 0) is 182 Å². The Balaban J connectivity index is 0.804. The van der Waals surface area contributed by atoms with Crippen LogP contribution in [-0.2, 0) is 35.5 Å². The second kappa shape index (κ2) is 16.5. The number of fused-ring (bicyclic) bond motifs is 12. The summed E-state index contributed by atoms with van der Waals surface area (Å²) in [5, 5.41) is 7.73. The Morgan fingerprint density at radius 3 is 1.05 bits per heavy atom. The van der Waals surface area contributed by atoms with Gasteiger partial charge in [-0.1, -0.05) is 245 Å². The van der Waals surface area contributed by atoms with E-state index in [1.165, 1.54) is 138 Å². The van der Waals surface area contributed by atoms with Gasteiger partial charge >= 0.3 is 0 Å². The number of hydrogen-bond donors (Lipinski definition) is 0. The number of benzene rings is 12. The van der Waals surface area contributed by atoms with Gasteiger partial charge < -0.3 is 0 Å². The zero-order valence-electron chi connectivity index (χ0n) is 42.8. The number of rotatable bonds is 8. The lowest BCUT2D eigenvalue weighted by molar-refractivity contribution is 0.520. The zero-order valence-corrected chi connectivity index (χ0v) is 42.8. The summed E-state index contributed by atoms with van der Waals surface area (Å²) in [6.45, 7) is 7.33. The molecule has 1 atom stereocenters. The van der Waals surface area contributed by atoms with Gasteiger partial charge in [0, 0.05) is 16.2 Å². The van der Waals surface area contributed by atoms with E-state index in [4.69, 9.17) is 0 Å². The van der Waals surface area contributed by atoms with Crippen LogP contribution in [0.15, 0.2) is 249 Å². The molecule has 75 heavy (non-hydrogen) atoms. The Hall–Kier alpha value is -8.58. The maximum atomic E-state index is 2.56. The van der Waals surface area contributed by atoms with Crippen molar-refractivity contribution < 1.29 is 0 Å². The summed E-state index contributed by atoms with van der Waals surface area (Å²) in [6.07, 6.45) is 2.73. The van der Waals surface area contributed by atoms with Gasteiger partial charge in [0.1, 0.15) is 0 Å². The Labute approximate surface area is 440 Å². The van der Waals surface area contributed by atoms with E-state index in [1.54, 1.807) is 0 Å². The highest BCUT2D eigenvalue weighted by Gasteiger charge is 2.44. The molecule has 0 amide bonds. The molecule has 12 aromatic rings. The molecule has 1 unspecified atom stereocenters. The summed E-state index contributed by atoms with van der Waals surface area (Å²) in [7, 11) is 0. The second-order valence-corrected chi connectivity index (χ2v) is 22.7. The van der Waals surface area contributed by atoms with Crippen molar-refractivity contribution in [3.63, 3.8) is 0 Å². The van der Waals surface area contributed by atoms with Crippen molar-refractivity contribution in [2.75, 3.05) is 0 Å². The van der Waals surface area contributed by atoms with Crippen LogP contribution in [0.2, 0.25) is 0 Å². The van der Waals surface area contributed by atoms with Crippen molar-refractivity contribution in [3.05, 3.63) is 299 Å². The number of hydrogen-bond acceptors (Lipinski definition) is 0. The third kappa shape index (κ3) is 6.82. The largest absolute Gasteiger partial charge is 0.0619 e. The summed E-state index contributed by atoms with van der Waals surface area (Å²) in [5.74, 6) is 0. The van der Waals surface area contributed by atoms with Crippen LogP contribution in [0.4, 0.5) is 0 Å². The lowest BCUT2D eigenvalue weighted by Gasteiger charge is -2.33. The highest BCUT2D eigenvalue weighted by atomic mass is 14.5. The van der Waals surface area contributed by atoms with Crippen molar-refractivity contribution in [3.8, 4) is 55.6 Å². The van der Waals surface area contributed by atoms with Crippen LogP contribution in [0.25, 0.3) is 88.0 Å². The van der Waals surface area contributed by atoms with Crippen molar-refractivity contribution in [2.45, 2.75) is 56.3 Å². The van der Waals surface area contributed by atoms with Crippen molar-refractivity contribution >= 4 is 32.3 Å². The fourth-order valence-electron chi connectivity index (χ4n) is 14.3. The minimum Gasteiger partial charge on any atom is -0.0619 e. The van der Waals surface area contributed by atoms with E-state index in [2.05, 4.69) is 269 Å². The molecule has 0 fully saturated rings. The summed E-state index contributed by atoms with van der Waals surface area (Å²) in [6, 6.07) is 95.1. The first-order chi connectivity index (χ1) is 36.7. The Kier molecular flexibility index (Phi) is 9.65. The molecular weight excluding hydrogens is 901 g/mol. The van der Waals surface area contributed by atoms with E-state index < -0.39 is 0 Å². The lowest BCUT2D eigenvalue weighted by Crippen LogP contribution is -2.31. The molecule has 3 aliphatic carbocycles. The molecule has 0 N–H and O–H groups in total. The maximum Gasteiger partial charge on any atom is 0.0295 e. The average Bonchev–Trinajstić information content (AvgIpc) is 3.96. The van der Waals surface area contributed by atoms with Crippen molar-refractivity contribution in [1.29, 1.82) is 0 Å². The normalized spacial score (nSPS) is 16.1. The van der Waals surface area contributed by atoms with Gasteiger partial charge in [0.25, 0.3) is 0 Å². The van der Waals surface area contributed by atoms with Gasteiger partial charge in [0.05, 0.1) is 0 Å². The van der Waals surface area contributed by atoms with Crippen LogP contribution in [0.1, 0.15) is 70.8 Å². The molecule has 15 rings (SSSR count). The van der Waals surface area contributed by atoms with Gasteiger partial charge in [0.2, 0.25) is 0 Å². The molecule has 0 aromatic heterocycles. The van der Waals surface area contributed by atoms with E-state index in [0.29, 0.717) is 0 Å². The Morgan fingerprint density at radius 1 is 0.240 bits per heavy atom. The fraction of sp³-hybridized carbons (Fsp3) is 0.120. The predicted molar refractivity (Wildman–Crippen MR) is 316 cm³/mol. The van der Waals surface area contributed by atoms with E-state index in [1.807, 2.05) is 0 Å². The first-order valence-corrected chi connectivity index (χ1v) is 26.9. The lowest BCUT2D eigenvalue weighted by atomic mass is 9.69. The van der Waals surface area contributed by atoms with E-state index >= 15 is 0 Å². The third-order valence-electron chi connectivity index (χ3n) is 18.0. The van der Waals surface area contributed by atoms with Crippen LogP contribution in [0.3, 0.4) is 0 Å². The minimum absolute atomic E-state index is 0.167. The molecule has 356 valence electrons. The van der Waals surface area contributed by atoms with Crippen LogP contribution in [-0.4, -0.2) is 0 Å². The van der Waals surface area contributed by atoms with Crippen molar-refractivity contribution in [1.82, 2.24) is 0 Å². The smallest absolute Gasteiger partial charge is 0.0295 e. The molecule has 0 spiro atoms. The van der Waals surface area contributed by atoms with Crippen LogP contribution in [0, 0.1) is 0 Å². The average molecular weight is 957 g/mol. The SMILES string of the molecule is CC1(C)c2cc(-c3ccc4c(c3)C(C)(Cc3ccc5ccccc5c3)c3ccccc3-4)ccc2-c2ccc(-c3ccc4c(c3)C(Cc3ccc5ccccc5c3)(Cc3ccc5ccccc5c3)c3ccccc3-4)cc21. The quantitative estimate of drug-likeness (QED) is 0.142. The monoisotopic (exact) mass is 956 g/mol. The Bertz CT molecular complexity index is 4250. The van der Waals surface area contributed by atoms with Gasteiger partial charge in [-0.15, -0.1) is 0 Å². The molecular formula is C75H56. The fourth-order valence-corrected chi connectivity index (χ4v) is 14.3. The van der Waals surface area contributed by atoms with Crippen molar-refractivity contribution in [2.24, 2.45) is 0 Å². The molecule has 0 saturated heterocycles. The van der Waals surface area contributed by atoms with Gasteiger partial charge in [-0.2, -0.15) is 0 Å². The van der Waals surface area contributed by atoms with Crippen LogP contribution >= 0.6 is 0 Å². The summed E-state index contributed by atoms with van der Waals surface area (Å²) < 4.78 is 0. The standard InChI is InChI=1S/C75H56/c1-73(2)69-41-57(59-32-36-65-61-20-10-12-22-67(61)74(3,71(65)43-59)45-48-24-27-51-14-4-7-17-54(51)38-48)30-34-63(69)64-35-31-58(42-70(64)73)60-33-37-66-62-21-11-13-23-68(62)75(72(66)44-60,46-49-25-28-52-15-5-8-18-55(52)39-49)47-50-26-29-53-16-6-9-19-56(53)40-50/h4-44H,45-47H2,1-3H3. The predicted octanol–water partition coefficient (Wildman–Crippen LogP) is 19.1. The molecule has 12 aromatic carbocycles. The topological polar surface area (TPSA) is 0 Å². The molecule has 3 aliphatic rings. The molecule has 0 heterocycles. The summed E-state index contributed by atoms with van der Waals surface area (Å²) >= 11 is 0. The third-order valence-corrected chi connectivity index (χ3v) is 18.0. The molecule has 0 heteroatoms. The highest BCUT2D eigenvalue weighted by molar-refractivity contribution is 5.91. The van der Waals surface area contributed by atoms with Gasteiger partial charge in [-0.25, -0.2) is 0 Å². The first kappa shape index (κ1) is 44.0. The van der Waals surface area contributed by atoms with Gasteiger partial charge in [0.15, 0.2) is 0 Å². The van der Waals surface area contributed by atoms with Crippen LogP contribution in [0.5, 0.6) is 0 Å². The van der Waals surface area contributed by atoms with Gasteiger partial charge in [-0.3, -0.25) is 0 Å². The summed E-state index contributed by atoms with van der Waals surface area (Å²) in [5.41, 5.74) is 25.1. The molecule has 0 aliphatic heterocycles. The molecule has 0 nitrogen and oxygen atoms in total. The van der Waals surface area contributed by atoms with E-state index in [0.717, 1.165) is 19.3 Å². The molecule has 0 saturated carbocycles. The highest BCUT2D eigenvalue weighted by Crippen LogP contribution is 2.56. The molecule has 0 radical (unpaired) electrons. The second-order valence-electron chi connectivity index (χ2n) is 22.7. The van der Waals surface area contributed by atoms with E-state index in [-0.39, 0.29) is 16.2 Å². The molecule has 0 bridgehead atoms. The Morgan fingerprint density at radius 2 is 0.573 bits per heavy atom. The first-order valence-electron chi connectivity index (χ1n) is 26.9. The maximum absolute atomic E-state index is 2.56. The zero-order chi connectivity index (χ0) is 50.0.